The van der Waals surface area contributed by atoms with Crippen LogP contribution in [0.3, 0.4) is 0 Å². The highest BCUT2D eigenvalue weighted by Gasteiger charge is 2.47. The van der Waals surface area contributed by atoms with Crippen molar-refractivity contribution in [3.63, 3.8) is 0 Å². The molecular weight excluding hydrogens is 718 g/mol. The molecule has 2 fully saturated rings. The van der Waals surface area contributed by atoms with Gasteiger partial charge in [-0.2, -0.15) is 0 Å². The van der Waals surface area contributed by atoms with Crippen LogP contribution in [0.25, 0.3) is 0 Å². The smallest absolute Gasteiger partial charge is 0.337 e. The summed E-state index contributed by atoms with van der Waals surface area (Å²) in [4.78, 5) is 24.2. The largest absolute Gasteiger partial charge is 0.490 e. The number of thioether (sulfide) groups is 1. The molecule has 1 aromatic heterocycles. The Morgan fingerprint density at radius 3 is 2.60 bits per heavy atom. The maximum Gasteiger partial charge on any atom is 0.337 e. The van der Waals surface area contributed by atoms with Crippen molar-refractivity contribution in [3.05, 3.63) is 88.7 Å². The lowest BCUT2D eigenvalue weighted by Crippen LogP contribution is -2.52. The highest BCUT2D eigenvalue weighted by Crippen LogP contribution is 2.49. The second-order valence-electron chi connectivity index (χ2n) is 17.4. The number of nitrogens with zero attached hydrogens (tertiary/aromatic N) is 3. The molecule has 0 amide bonds. The number of allylic oxidation sites excluding steroid dienone is 1. The van der Waals surface area contributed by atoms with E-state index in [9.17, 15) is 4.79 Å². The molecule has 2 heterocycles. The van der Waals surface area contributed by atoms with E-state index in [0.29, 0.717) is 35.8 Å². The van der Waals surface area contributed by atoms with Crippen molar-refractivity contribution < 1.29 is 18.7 Å². The molecule has 1 unspecified atom stereocenters. The Kier molecular flexibility index (Phi) is 11.4. The number of fused-ring (bicyclic) bond motifs is 3. The van der Waals surface area contributed by atoms with Crippen LogP contribution >= 0.6 is 23.4 Å². The summed E-state index contributed by atoms with van der Waals surface area (Å²) in [5.74, 6) is 3.58. The molecule has 0 N–H and O–H groups in total. The van der Waals surface area contributed by atoms with Crippen molar-refractivity contribution in [2.45, 2.75) is 101 Å². The van der Waals surface area contributed by atoms with E-state index in [-0.39, 0.29) is 22.5 Å². The summed E-state index contributed by atoms with van der Waals surface area (Å²) >= 11 is 8.29. The minimum absolute atomic E-state index is 0.0663. The molecule has 1 spiro atoms. The van der Waals surface area contributed by atoms with Crippen molar-refractivity contribution in [2.75, 3.05) is 37.5 Å². The van der Waals surface area contributed by atoms with Gasteiger partial charge in [0.2, 0.25) is 0 Å². The van der Waals surface area contributed by atoms with Crippen LogP contribution < -0.4 is 9.64 Å². The molecule has 6 atom stereocenters. The Balaban J connectivity index is 1.16. The zero-order chi connectivity index (χ0) is 37.4. The van der Waals surface area contributed by atoms with E-state index in [4.69, 9.17) is 25.5 Å². The quantitative estimate of drug-likeness (QED) is 0.0627. The van der Waals surface area contributed by atoms with Crippen LogP contribution in [0.15, 0.2) is 72.2 Å². The maximum atomic E-state index is 12.8. The Hall–Kier alpha value is -2.85. The van der Waals surface area contributed by atoms with Crippen molar-refractivity contribution in [2.24, 2.45) is 23.7 Å². The van der Waals surface area contributed by atoms with Crippen LogP contribution in [0.5, 0.6) is 5.75 Å². The van der Waals surface area contributed by atoms with Gasteiger partial charge in [0.1, 0.15) is 5.75 Å². The van der Waals surface area contributed by atoms with Gasteiger partial charge in [-0.05, 0) is 134 Å². The van der Waals surface area contributed by atoms with Crippen molar-refractivity contribution in [1.82, 2.24) is 9.97 Å². The Morgan fingerprint density at radius 2 is 1.91 bits per heavy atom. The third-order valence-corrected chi connectivity index (χ3v) is 18.8. The van der Waals surface area contributed by atoms with Gasteiger partial charge in [0.25, 0.3) is 0 Å². The van der Waals surface area contributed by atoms with Crippen molar-refractivity contribution in [3.8, 4) is 5.75 Å². The first-order valence-electron chi connectivity index (χ1n) is 19.5. The molecule has 0 radical (unpaired) electrons. The van der Waals surface area contributed by atoms with Gasteiger partial charge in [0, 0.05) is 41.7 Å². The first-order chi connectivity index (χ1) is 25.4. The fourth-order valence-corrected chi connectivity index (χ4v) is 11.1. The van der Waals surface area contributed by atoms with Gasteiger partial charge < -0.3 is 18.8 Å². The van der Waals surface area contributed by atoms with Gasteiger partial charge in [-0.15, -0.1) is 0 Å². The summed E-state index contributed by atoms with van der Waals surface area (Å²) in [6, 6.07) is 14.1. The monoisotopic (exact) mass is 773 g/mol. The van der Waals surface area contributed by atoms with Crippen LogP contribution in [0.4, 0.5) is 5.69 Å². The van der Waals surface area contributed by atoms with Crippen LogP contribution in [0, 0.1) is 23.7 Å². The molecule has 2 aromatic carbocycles. The molecular formula is C43H56ClN3O4SSi. The number of methoxy groups -OCH3 is 1. The third kappa shape index (κ3) is 8.24. The molecule has 3 aromatic rings. The zero-order valence-electron chi connectivity index (χ0n) is 32.3. The normalized spacial score (nSPS) is 26.1. The number of carbonyl (C=O) groups is 1. The molecule has 7 rings (SSSR count). The lowest BCUT2D eigenvalue weighted by atomic mass is 9.68. The summed E-state index contributed by atoms with van der Waals surface area (Å²) in [6.07, 6.45) is 16.6. The molecule has 0 saturated heterocycles. The minimum Gasteiger partial charge on any atom is -0.490 e. The van der Waals surface area contributed by atoms with Gasteiger partial charge in [-0.25, -0.2) is 14.8 Å². The number of carbonyl (C=O) groups excluding carboxylic acids is 1. The van der Waals surface area contributed by atoms with E-state index in [0.717, 1.165) is 72.6 Å². The fraction of sp³-hybridized carbons (Fsp3) is 0.558. The molecule has 2 saturated carbocycles. The van der Waals surface area contributed by atoms with E-state index in [1.807, 2.05) is 42.7 Å². The number of rotatable bonds is 11. The van der Waals surface area contributed by atoms with E-state index < -0.39 is 8.32 Å². The number of hydrogen-bond donors (Lipinski definition) is 0. The van der Waals surface area contributed by atoms with Gasteiger partial charge >= 0.3 is 5.97 Å². The number of halogens is 1. The molecule has 284 valence electrons. The maximum absolute atomic E-state index is 12.8. The Bertz CT molecular complexity index is 1800. The van der Waals surface area contributed by atoms with E-state index in [1.165, 1.54) is 31.1 Å². The lowest BCUT2D eigenvalue weighted by molar-refractivity contribution is 0.0519. The molecule has 1 aliphatic heterocycles. The molecule has 4 aliphatic rings. The second kappa shape index (κ2) is 15.7. The molecule has 3 aliphatic carbocycles. The number of aryl methyl sites for hydroxylation is 1. The van der Waals surface area contributed by atoms with E-state index >= 15 is 0 Å². The predicted octanol–water partition coefficient (Wildman–Crippen LogP) is 10.2. The highest BCUT2D eigenvalue weighted by molar-refractivity contribution is 7.99. The minimum atomic E-state index is -2.07. The first-order valence-corrected chi connectivity index (χ1v) is 23.8. The average Bonchev–Trinajstić information content (AvgIpc) is 3.25. The summed E-state index contributed by atoms with van der Waals surface area (Å²) in [5, 5.41) is 1.76. The van der Waals surface area contributed by atoms with Gasteiger partial charge in [0.15, 0.2) is 13.5 Å². The van der Waals surface area contributed by atoms with Gasteiger partial charge in [-0.1, -0.05) is 62.4 Å². The lowest BCUT2D eigenvalue weighted by Gasteiger charge is -2.48. The summed E-state index contributed by atoms with van der Waals surface area (Å²) in [7, 11) is -0.626. The number of hydrogen-bond acceptors (Lipinski definition) is 8. The van der Waals surface area contributed by atoms with Gasteiger partial charge in [0.05, 0.1) is 31.1 Å². The molecule has 0 bridgehead atoms. The SMILES string of the molecule is COC(=O)c1ccc2c(c1)N(C[C@@H]1CC[C@H]1C(/C=C/[C@@H]1CC[C@H]1CSc1ncccn1)O[Si](C)(C)C(C)(C)C)C[C@@]1(CCCc3cc(Cl)ccc31)CO2. The van der Waals surface area contributed by atoms with Crippen LogP contribution in [0.2, 0.25) is 23.2 Å². The second-order valence-corrected chi connectivity index (χ2v) is 23.5. The summed E-state index contributed by atoms with van der Waals surface area (Å²) < 4.78 is 19.2. The number of aromatic nitrogens is 2. The highest BCUT2D eigenvalue weighted by atomic mass is 35.5. The fourth-order valence-electron chi connectivity index (χ4n) is 8.53. The Labute approximate surface area is 326 Å². The zero-order valence-corrected chi connectivity index (χ0v) is 34.8. The molecule has 7 nitrogen and oxygen atoms in total. The summed E-state index contributed by atoms with van der Waals surface area (Å²) in [6.45, 7) is 14.1. The van der Waals surface area contributed by atoms with Crippen LogP contribution in [-0.2, 0) is 21.0 Å². The topological polar surface area (TPSA) is 73.8 Å². The number of esters is 1. The third-order valence-electron chi connectivity index (χ3n) is 13.0. The number of benzene rings is 2. The summed E-state index contributed by atoms with van der Waals surface area (Å²) in [5.41, 5.74) is 4.02. The van der Waals surface area contributed by atoms with Crippen molar-refractivity contribution in [1.29, 1.82) is 0 Å². The van der Waals surface area contributed by atoms with Crippen molar-refractivity contribution >= 4 is 43.3 Å². The van der Waals surface area contributed by atoms with Gasteiger partial charge in [-0.3, -0.25) is 0 Å². The average molecular weight is 775 g/mol. The number of anilines is 1. The first kappa shape index (κ1) is 38.4. The standard InChI is InChI=1S/C43H56ClN3O4SSi/c1-42(2,3)53(5,6)51-38(18-13-29-10-11-33(29)26-52-41-45-21-8-22-46-41)35-16-12-32(35)25-47-27-43(20-7-9-30-23-34(44)15-17-36(30)43)28-50-39-19-14-31(24-37(39)47)40(48)49-4/h8,13-15,17-19,21-24,29,32-33,35,38H,7,9-12,16,20,25-28H2,1-6H3/b18-13+/t29-,32-,33-,35+,38?,43-/m0/s1. The van der Waals surface area contributed by atoms with Crippen LogP contribution in [-0.4, -0.2) is 62.9 Å². The predicted molar refractivity (Wildman–Crippen MR) is 218 cm³/mol. The molecule has 10 heteroatoms. The Morgan fingerprint density at radius 1 is 1.11 bits per heavy atom. The number of ether oxygens (including phenoxy) is 2. The molecule has 53 heavy (non-hydrogen) atoms. The van der Waals surface area contributed by atoms with E-state index in [2.05, 4.69) is 73.0 Å². The van der Waals surface area contributed by atoms with Crippen LogP contribution in [0.1, 0.15) is 80.8 Å². The van der Waals surface area contributed by atoms with E-state index in [1.54, 1.807) is 11.8 Å².